The minimum atomic E-state index is -3.15. The van der Waals surface area contributed by atoms with Crippen LogP contribution in [0.1, 0.15) is 39.7 Å². The zero-order valence-corrected chi connectivity index (χ0v) is 18.1. The lowest BCUT2D eigenvalue weighted by atomic mass is 9.56. The molecule has 0 radical (unpaired) electrons. The van der Waals surface area contributed by atoms with Crippen LogP contribution in [0.3, 0.4) is 0 Å². The van der Waals surface area contributed by atoms with Crippen molar-refractivity contribution in [1.82, 2.24) is 10.6 Å². The van der Waals surface area contributed by atoms with Crippen LogP contribution in [-0.2, 0) is 21.0 Å². The van der Waals surface area contributed by atoms with Crippen LogP contribution in [0.4, 0.5) is 0 Å². The first-order valence-electron chi connectivity index (χ1n) is 9.42. The Hall–Kier alpha value is -1.60. The molecule has 0 spiro atoms. The van der Waals surface area contributed by atoms with Crippen molar-refractivity contribution < 1.29 is 13.2 Å². The van der Waals surface area contributed by atoms with E-state index in [-0.39, 0.29) is 11.0 Å². The van der Waals surface area contributed by atoms with Crippen LogP contribution in [0.15, 0.2) is 34.2 Å². The molecule has 1 aliphatic carbocycles. The number of rotatable bonds is 7. The van der Waals surface area contributed by atoms with Crippen molar-refractivity contribution in [2.24, 2.45) is 10.4 Å². The van der Waals surface area contributed by atoms with Gasteiger partial charge in [0.1, 0.15) is 0 Å². The third-order valence-corrected chi connectivity index (χ3v) is 7.08. The third kappa shape index (κ3) is 4.82. The van der Waals surface area contributed by atoms with Gasteiger partial charge in [0, 0.05) is 37.9 Å². The Bertz CT molecular complexity index is 772. The zero-order valence-electron chi connectivity index (χ0n) is 17.3. The van der Waals surface area contributed by atoms with Crippen LogP contribution in [0.5, 0.6) is 0 Å². The molecule has 0 amide bonds. The second-order valence-corrected chi connectivity index (χ2v) is 10.0. The van der Waals surface area contributed by atoms with Crippen LogP contribution >= 0.6 is 0 Å². The van der Waals surface area contributed by atoms with Crippen molar-refractivity contribution in [3.63, 3.8) is 0 Å². The van der Waals surface area contributed by atoms with E-state index in [0.29, 0.717) is 17.5 Å². The molecular formula is C20H33N3O3S. The molecule has 1 aliphatic rings. The van der Waals surface area contributed by atoms with Gasteiger partial charge in [-0.05, 0) is 44.4 Å². The summed E-state index contributed by atoms with van der Waals surface area (Å²) in [5.41, 5.74) is 0.959. The number of nitrogens with zero attached hydrogens (tertiary/aromatic N) is 1. The lowest BCUT2D eigenvalue weighted by Crippen LogP contribution is -2.69. The maximum atomic E-state index is 11.5. The van der Waals surface area contributed by atoms with Gasteiger partial charge in [-0.3, -0.25) is 4.99 Å². The van der Waals surface area contributed by atoms with E-state index in [2.05, 4.69) is 36.4 Å². The molecule has 27 heavy (non-hydrogen) atoms. The van der Waals surface area contributed by atoms with E-state index in [1.165, 1.54) is 6.26 Å². The van der Waals surface area contributed by atoms with E-state index >= 15 is 0 Å². The summed E-state index contributed by atoms with van der Waals surface area (Å²) in [5, 5.41) is 6.83. The van der Waals surface area contributed by atoms with Crippen molar-refractivity contribution in [3.05, 3.63) is 29.8 Å². The lowest BCUT2D eigenvalue weighted by molar-refractivity contribution is -0.176. The van der Waals surface area contributed by atoms with Crippen molar-refractivity contribution in [2.75, 3.05) is 26.5 Å². The summed E-state index contributed by atoms with van der Waals surface area (Å²) >= 11 is 0. The number of ether oxygens (including phenoxy) is 1. The highest BCUT2D eigenvalue weighted by Crippen LogP contribution is 2.51. The number of aliphatic imine (C=N–C) groups is 1. The highest BCUT2D eigenvalue weighted by Gasteiger charge is 2.58. The fourth-order valence-electron chi connectivity index (χ4n) is 3.41. The lowest BCUT2D eigenvalue weighted by Gasteiger charge is -2.59. The van der Waals surface area contributed by atoms with E-state index in [0.717, 1.165) is 30.9 Å². The average molecular weight is 396 g/mol. The molecule has 1 saturated carbocycles. The molecule has 2 unspecified atom stereocenters. The Labute approximate surface area is 163 Å². The van der Waals surface area contributed by atoms with Gasteiger partial charge in [0.25, 0.3) is 0 Å². The molecule has 6 nitrogen and oxygen atoms in total. The van der Waals surface area contributed by atoms with Gasteiger partial charge in [0.05, 0.1) is 10.5 Å². The number of sulfone groups is 1. The Balaban J connectivity index is 1.96. The minimum Gasteiger partial charge on any atom is -0.378 e. The zero-order chi connectivity index (χ0) is 20.3. The monoisotopic (exact) mass is 395 g/mol. The number of hydrogen-bond donors (Lipinski definition) is 2. The molecule has 2 atom stereocenters. The van der Waals surface area contributed by atoms with Gasteiger partial charge in [-0.2, -0.15) is 0 Å². The second-order valence-electron chi connectivity index (χ2n) is 7.98. The summed E-state index contributed by atoms with van der Waals surface area (Å²) in [6, 6.07) is 7.31. The third-order valence-electron chi connectivity index (χ3n) is 5.96. The normalized spacial score (nSPS) is 25.0. The predicted molar refractivity (Wildman–Crippen MR) is 110 cm³/mol. The summed E-state index contributed by atoms with van der Waals surface area (Å²) in [6.07, 6.45) is 2.91. The van der Waals surface area contributed by atoms with Gasteiger partial charge in [0.15, 0.2) is 15.8 Å². The molecule has 1 fully saturated rings. The van der Waals surface area contributed by atoms with E-state index < -0.39 is 9.84 Å². The van der Waals surface area contributed by atoms with Gasteiger partial charge in [-0.15, -0.1) is 0 Å². The molecule has 0 aliphatic heterocycles. The van der Waals surface area contributed by atoms with Crippen molar-refractivity contribution >= 4 is 15.8 Å². The van der Waals surface area contributed by atoms with Gasteiger partial charge in [-0.25, -0.2) is 8.42 Å². The van der Waals surface area contributed by atoms with Gasteiger partial charge >= 0.3 is 0 Å². The molecule has 1 aromatic carbocycles. The van der Waals surface area contributed by atoms with Crippen LogP contribution in [0, 0.1) is 5.41 Å². The number of nitrogens with one attached hydrogen (secondary N) is 2. The molecule has 0 aromatic heterocycles. The molecule has 2 rings (SSSR count). The first-order chi connectivity index (χ1) is 12.5. The number of guanidine groups is 1. The highest BCUT2D eigenvalue weighted by molar-refractivity contribution is 7.90. The molecule has 152 valence electrons. The number of benzene rings is 1. The van der Waals surface area contributed by atoms with E-state index in [9.17, 15) is 8.42 Å². The van der Waals surface area contributed by atoms with Gasteiger partial charge in [0.2, 0.25) is 0 Å². The Morgan fingerprint density at radius 1 is 1.26 bits per heavy atom. The van der Waals surface area contributed by atoms with Gasteiger partial charge in [-0.1, -0.05) is 26.0 Å². The Morgan fingerprint density at radius 3 is 2.37 bits per heavy atom. The average Bonchev–Trinajstić information content (AvgIpc) is 2.60. The van der Waals surface area contributed by atoms with E-state index in [1.54, 1.807) is 19.2 Å². The minimum absolute atomic E-state index is 0.0133. The summed E-state index contributed by atoms with van der Waals surface area (Å²) in [5.74, 6) is 0.807. The molecule has 1 aromatic rings. The largest absolute Gasteiger partial charge is 0.378 e. The first-order valence-corrected chi connectivity index (χ1v) is 11.3. The van der Waals surface area contributed by atoms with Crippen molar-refractivity contribution in [1.29, 1.82) is 0 Å². The van der Waals surface area contributed by atoms with Crippen LogP contribution in [-0.4, -0.2) is 52.5 Å². The maximum absolute atomic E-state index is 11.5. The highest BCUT2D eigenvalue weighted by atomic mass is 32.2. The quantitative estimate of drug-likeness (QED) is 0.547. The standard InChI is InChI=1S/C20H33N3O3S/c1-7-21-18(23-17-14-20(4,26-5)19(17,2)3)22-13-12-15-8-10-16(11-9-15)27(6,24)25/h8-11,17H,7,12-14H2,1-6H3,(H2,21,22,23). The fourth-order valence-corrected chi connectivity index (χ4v) is 4.04. The summed E-state index contributed by atoms with van der Waals surface area (Å²) in [7, 11) is -1.38. The fraction of sp³-hybridized carbons (Fsp3) is 0.650. The second kappa shape index (κ2) is 8.19. The topological polar surface area (TPSA) is 79.8 Å². The van der Waals surface area contributed by atoms with Crippen molar-refractivity contribution in [2.45, 2.75) is 57.1 Å². The summed E-state index contributed by atoms with van der Waals surface area (Å²) in [4.78, 5) is 5.02. The molecule has 0 heterocycles. The van der Waals surface area contributed by atoms with Crippen LogP contribution in [0.2, 0.25) is 0 Å². The van der Waals surface area contributed by atoms with Crippen LogP contribution < -0.4 is 10.6 Å². The Kier molecular flexibility index (Phi) is 6.58. The first kappa shape index (κ1) is 21.7. The van der Waals surface area contributed by atoms with Crippen LogP contribution in [0.25, 0.3) is 0 Å². The molecule has 0 saturated heterocycles. The number of hydrogen-bond acceptors (Lipinski definition) is 4. The van der Waals surface area contributed by atoms with Crippen molar-refractivity contribution in [3.8, 4) is 0 Å². The molecule has 2 N–H and O–H groups in total. The summed E-state index contributed by atoms with van der Waals surface area (Å²) in [6.45, 7) is 10.0. The number of methoxy groups -OCH3 is 1. The Morgan fingerprint density at radius 2 is 1.89 bits per heavy atom. The van der Waals surface area contributed by atoms with E-state index in [4.69, 9.17) is 4.74 Å². The van der Waals surface area contributed by atoms with Gasteiger partial charge < -0.3 is 15.4 Å². The molecular weight excluding hydrogens is 362 g/mol. The molecule has 7 heteroatoms. The molecule has 0 bridgehead atoms. The maximum Gasteiger partial charge on any atom is 0.191 e. The predicted octanol–water partition coefficient (Wildman–Crippen LogP) is 2.39. The SMILES string of the molecule is CCNC(=NCCc1ccc(S(C)(=O)=O)cc1)NC1CC(C)(OC)C1(C)C. The smallest absolute Gasteiger partial charge is 0.191 e. The summed E-state index contributed by atoms with van der Waals surface area (Å²) < 4.78 is 28.7. The van der Waals surface area contributed by atoms with E-state index in [1.807, 2.05) is 19.1 Å².